The van der Waals surface area contributed by atoms with Crippen molar-refractivity contribution < 1.29 is 0 Å². The molecule has 2 aliphatic rings. The summed E-state index contributed by atoms with van der Waals surface area (Å²) in [7, 11) is 0. The first-order valence-corrected chi connectivity index (χ1v) is 22.2. The zero-order valence-corrected chi connectivity index (χ0v) is 35.7. The van der Waals surface area contributed by atoms with Crippen molar-refractivity contribution in [3.63, 3.8) is 0 Å². The van der Waals surface area contributed by atoms with E-state index in [2.05, 4.69) is 225 Å². The van der Waals surface area contributed by atoms with Gasteiger partial charge in [-0.25, -0.2) is 4.98 Å². The normalized spacial score (nSPS) is 14.5. The Labute approximate surface area is 363 Å². The molecule has 0 atom stereocenters. The van der Waals surface area contributed by atoms with Gasteiger partial charge in [0, 0.05) is 38.5 Å². The van der Waals surface area contributed by atoms with Gasteiger partial charge in [0.25, 0.3) is 0 Å². The molecule has 1 aromatic heterocycles. The van der Waals surface area contributed by atoms with E-state index in [1.807, 2.05) is 0 Å². The van der Waals surface area contributed by atoms with Crippen LogP contribution in [0.15, 0.2) is 188 Å². The summed E-state index contributed by atoms with van der Waals surface area (Å²) in [4.78, 5) is 8.05. The number of benzene rings is 9. The smallest absolute Gasteiger partial charge is 0.145 e. The molecule has 9 aromatic carbocycles. The topological polar surface area (TPSA) is 21.1 Å². The average molecular weight is 798 g/mol. The summed E-state index contributed by atoms with van der Waals surface area (Å²) in [5, 5.41) is 4.84. The Morgan fingerprint density at radius 1 is 0.435 bits per heavy atom. The minimum atomic E-state index is -0.119. The first-order chi connectivity index (χ1) is 30.4. The Balaban J connectivity index is 1.00. The van der Waals surface area contributed by atoms with Crippen LogP contribution in [0.1, 0.15) is 62.8 Å². The molecule has 3 heteroatoms. The van der Waals surface area contributed by atoms with Gasteiger partial charge in [-0.2, -0.15) is 0 Å². The van der Waals surface area contributed by atoms with Crippen molar-refractivity contribution in [2.24, 2.45) is 0 Å². The standard InChI is InChI=1S/C59H47N3/c1-5-59(6-2)51-36-39(31-33-45(51)46-34-32-42(37-52(46)59)61-53-29-16-14-27-49(53)58(3,4)50-28-15-17-30-54(50)61)38-19-18-20-40(35-38)57-60-55-47-25-12-10-23-43(47)44-24-11-13-26-48(44)56(55)62(57)41-21-8-7-9-22-41/h7-37H,5-6H2,1-4H3. The molecule has 0 fully saturated rings. The molecule has 10 aromatic rings. The number of nitrogens with zero attached hydrogens (tertiary/aromatic N) is 3. The van der Waals surface area contributed by atoms with E-state index in [4.69, 9.17) is 4.98 Å². The molecule has 1 aliphatic carbocycles. The van der Waals surface area contributed by atoms with E-state index in [0.29, 0.717) is 0 Å². The van der Waals surface area contributed by atoms with E-state index < -0.39 is 0 Å². The van der Waals surface area contributed by atoms with Gasteiger partial charge in [-0.15, -0.1) is 0 Å². The van der Waals surface area contributed by atoms with Gasteiger partial charge in [0.15, 0.2) is 0 Å². The van der Waals surface area contributed by atoms with E-state index >= 15 is 0 Å². The Morgan fingerprint density at radius 3 is 1.68 bits per heavy atom. The Morgan fingerprint density at radius 2 is 0.984 bits per heavy atom. The van der Waals surface area contributed by atoms with Gasteiger partial charge < -0.3 is 4.90 Å². The molecular formula is C59H47N3. The van der Waals surface area contributed by atoms with Gasteiger partial charge in [-0.1, -0.05) is 167 Å². The Hall–Kier alpha value is -7.23. The van der Waals surface area contributed by atoms with Crippen LogP contribution in [0.25, 0.3) is 71.9 Å². The summed E-state index contributed by atoms with van der Waals surface area (Å²) < 4.78 is 2.37. The second-order valence-electron chi connectivity index (χ2n) is 17.7. The highest BCUT2D eigenvalue weighted by atomic mass is 15.2. The highest BCUT2D eigenvalue weighted by Gasteiger charge is 2.42. The maximum Gasteiger partial charge on any atom is 0.145 e. The molecule has 12 rings (SSSR count). The Kier molecular flexibility index (Phi) is 8.05. The fourth-order valence-corrected chi connectivity index (χ4v) is 11.3. The summed E-state index contributed by atoms with van der Waals surface area (Å²) in [6.45, 7) is 9.46. The maximum absolute atomic E-state index is 5.55. The summed E-state index contributed by atoms with van der Waals surface area (Å²) >= 11 is 0. The fourth-order valence-electron chi connectivity index (χ4n) is 11.3. The molecule has 0 saturated heterocycles. The summed E-state index contributed by atoms with van der Waals surface area (Å²) in [5.41, 5.74) is 18.5. The van der Waals surface area contributed by atoms with Crippen molar-refractivity contribution in [3.8, 4) is 39.3 Å². The number of anilines is 3. The number of para-hydroxylation sites is 3. The average Bonchev–Trinajstić information content (AvgIpc) is 3.87. The molecule has 298 valence electrons. The molecule has 0 unspecified atom stereocenters. The van der Waals surface area contributed by atoms with Crippen molar-refractivity contribution in [2.45, 2.75) is 51.4 Å². The highest BCUT2D eigenvalue weighted by Crippen LogP contribution is 2.57. The largest absolute Gasteiger partial charge is 0.310 e. The number of hydrogen-bond acceptors (Lipinski definition) is 2. The zero-order valence-electron chi connectivity index (χ0n) is 35.7. The number of imidazole rings is 1. The van der Waals surface area contributed by atoms with E-state index in [9.17, 15) is 0 Å². The van der Waals surface area contributed by atoms with Gasteiger partial charge in [-0.3, -0.25) is 4.57 Å². The SMILES string of the molecule is CCC1(CC)c2cc(-c3cccc(-c4nc5c6ccccc6c6ccccc6c5n4-c4ccccc4)c3)ccc2-c2ccc(N3c4ccccc4C(C)(C)c4ccccc43)cc21. The van der Waals surface area contributed by atoms with Crippen molar-refractivity contribution >= 4 is 49.6 Å². The highest BCUT2D eigenvalue weighted by molar-refractivity contribution is 6.24. The van der Waals surface area contributed by atoms with Crippen molar-refractivity contribution in [1.29, 1.82) is 0 Å². The molecule has 0 radical (unpaired) electrons. The molecule has 0 bridgehead atoms. The van der Waals surface area contributed by atoms with Crippen LogP contribution >= 0.6 is 0 Å². The molecule has 2 heterocycles. The third kappa shape index (κ3) is 5.09. The number of rotatable bonds is 6. The minimum absolute atomic E-state index is 0.0993. The first-order valence-electron chi connectivity index (χ1n) is 22.2. The predicted octanol–water partition coefficient (Wildman–Crippen LogP) is 15.9. The lowest BCUT2D eigenvalue weighted by molar-refractivity contribution is 0.490. The number of hydrogen-bond donors (Lipinski definition) is 0. The van der Waals surface area contributed by atoms with E-state index in [-0.39, 0.29) is 10.8 Å². The maximum atomic E-state index is 5.55. The summed E-state index contributed by atoms with van der Waals surface area (Å²) in [5.74, 6) is 0.941. The summed E-state index contributed by atoms with van der Waals surface area (Å²) in [6.07, 6.45) is 2.03. The van der Waals surface area contributed by atoms with Crippen LogP contribution in [0.3, 0.4) is 0 Å². The van der Waals surface area contributed by atoms with E-state index in [1.165, 1.54) is 83.1 Å². The van der Waals surface area contributed by atoms with Crippen LogP contribution in [0.2, 0.25) is 0 Å². The lowest BCUT2D eigenvalue weighted by Gasteiger charge is -2.42. The third-order valence-electron chi connectivity index (χ3n) is 14.4. The van der Waals surface area contributed by atoms with Crippen LogP contribution in [0.4, 0.5) is 17.1 Å². The van der Waals surface area contributed by atoms with Gasteiger partial charge in [0.2, 0.25) is 0 Å². The van der Waals surface area contributed by atoms with Gasteiger partial charge >= 0.3 is 0 Å². The van der Waals surface area contributed by atoms with Crippen molar-refractivity contribution in [3.05, 3.63) is 210 Å². The van der Waals surface area contributed by atoms with E-state index in [0.717, 1.165) is 41.0 Å². The van der Waals surface area contributed by atoms with Crippen LogP contribution in [0, 0.1) is 0 Å². The van der Waals surface area contributed by atoms with Crippen LogP contribution < -0.4 is 4.90 Å². The molecule has 0 spiro atoms. The fraction of sp³-hybridized carbons (Fsp3) is 0.136. The molecule has 3 nitrogen and oxygen atoms in total. The van der Waals surface area contributed by atoms with Gasteiger partial charge in [0.1, 0.15) is 5.82 Å². The predicted molar refractivity (Wildman–Crippen MR) is 261 cm³/mol. The van der Waals surface area contributed by atoms with Crippen LogP contribution in [0.5, 0.6) is 0 Å². The number of aromatic nitrogens is 2. The van der Waals surface area contributed by atoms with Crippen LogP contribution in [-0.4, -0.2) is 9.55 Å². The van der Waals surface area contributed by atoms with Gasteiger partial charge in [0.05, 0.1) is 22.4 Å². The third-order valence-corrected chi connectivity index (χ3v) is 14.4. The monoisotopic (exact) mass is 797 g/mol. The molecule has 0 N–H and O–H groups in total. The molecular weight excluding hydrogens is 751 g/mol. The molecule has 1 aliphatic heterocycles. The minimum Gasteiger partial charge on any atom is -0.310 e. The second kappa shape index (κ2) is 13.6. The molecule has 0 saturated carbocycles. The van der Waals surface area contributed by atoms with Crippen molar-refractivity contribution in [1.82, 2.24) is 9.55 Å². The lowest BCUT2D eigenvalue weighted by Crippen LogP contribution is -2.30. The first kappa shape index (κ1) is 36.6. The second-order valence-corrected chi connectivity index (χ2v) is 17.7. The van der Waals surface area contributed by atoms with Crippen LogP contribution in [-0.2, 0) is 10.8 Å². The quantitative estimate of drug-likeness (QED) is 0.156. The van der Waals surface area contributed by atoms with Gasteiger partial charge in [-0.05, 0) is 117 Å². The van der Waals surface area contributed by atoms with E-state index in [1.54, 1.807) is 0 Å². The lowest BCUT2D eigenvalue weighted by atomic mass is 9.72. The van der Waals surface area contributed by atoms with Crippen molar-refractivity contribution in [2.75, 3.05) is 4.90 Å². The molecule has 62 heavy (non-hydrogen) atoms. The summed E-state index contributed by atoms with van der Waals surface area (Å²) in [6, 6.07) is 69.6. The zero-order chi connectivity index (χ0) is 41.7. The Bertz CT molecular complexity index is 3370. The number of fused-ring (bicyclic) bond motifs is 11. The molecule has 0 amide bonds.